The molecule has 152 valence electrons. The van der Waals surface area contributed by atoms with E-state index < -0.39 is 0 Å². The lowest BCUT2D eigenvalue weighted by Gasteiger charge is -2.13. The minimum absolute atomic E-state index is 0.0353. The Hall–Kier alpha value is -2.53. The molecule has 5 heteroatoms. The van der Waals surface area contributed by atoms with Crippen LogP contribution in [0.25, 0.3) is 10.2 Å². The standard InChI is InChI=1S/C24H28N2O2S/c1-6-9-17(7-2)21(27)18-10-8-11-19(13-18)26-23(28)22-16(5)20-14(3)12-15(4)25-24(20)29-22/h8,10-13,17H,6-7,9H2,1-5H3,(H,26,28). The number of Topliss-reactive ketones (excluding diaryl/α,β-unsaturated/α-hetero) is 1. The molecule has 1 atom stereocenters. The molecule has 0 fully saturated rings. The number of anilines is 1. The van der Waals surface area contributed by atoms with Gasteiger partial charge in [0.05, 0.1) is 4.88 Å². The highest BCUT2D eigenvalue weighted by atomic mass is 32.1. The zero-order valence-corrected chi connectivity index (χ0v) is 18.6. The van der Waals surface area contributed by atoms with E-state index in [1.165, 1.54) is 11.3 Å². The highest BCUT2D eigenvalue weighted by Crippen LogP contribution is 2.32. The molecule has 1 amide bonds. The molecular formula is C24H28N2O2S. The van der Waals surface area contributed by atoms with E-state index in [1.54, 1.807) is 6.07 Å². The summed E-state index contributed by atoms with van der Waals surface area (Å²) in [6, 6.07) is 9.31. The molecule has 0 radical (unpaired) electrons. The fraction of sp³-hybridized carbons (Fsp3) is 0.375. The average Bonchev–Trinajstić information content (AvgIpc) is 3.02. The van der Waals surface area contributed by atoms with Crippen LogP contribution in [0.15, 0.2) is 30.3 Å². The van der Waals surface area contributed by atoms with Crippen LogP contribution in [0.4, 0.5) is 5.69 Å². The zero-order chi connectivity index (χ0) is 21.1. The van der Waals surface area contributed by atoms with Crippen molar-refractivity contribution < 1.29 is 9.59 Å². The Labute approximate surface area is 176 Å². The number of thiophene rings is 1. The Morgan fingerprint density at radius 2 is 1.90 bits per heavy atom. The second kappa shape index (κ2) is 8.87. The van der Waals surface area contributed by atoms with Crippen LogP contribution in [0.5, 0.6) is 0 Å². The van der Waals surface area contributed by atoms with Crippen molar-refractivity contribution in [2.75, 3.05) is 5.32 Å². The van der Waals surface area contributed by atoms with E-state index in [4.69, 9.17) is 0 Å². The number of aryl methyl sites for hydroxylation is 3. The summed E-state index contributed by atoms with van der Waals surface area (Å²) in [5, 5.41) is 4.03. The van der Waals surface area contributed by atoms with Gasteiger partial charge in [0, 0.05) is 28.2 Å². The second-order valence-corrected chi connectivity index (χ2v) is 8.61. The molecule has 3 rings (SSSR count). The van der Waals surface area contributed by atoms with Gasteiger partial charge in [-0.3, -0.25) is 9.59 Å². The van der Waals surface area contributed by atoms with Crippen molar-refractivity contribution >= 4 is 38.9 Å². The predicted molar refractivity (Wildman–Crippen MR) is 121 cm³/mol. The quantitative estimate of drug-likeness (QED) is 0.455. The monoisotopic (exact) mass is 408 g/mol. The number of carbonyl (C=O) groups is 2. The number of aromatic nitrogens is 1. The molecule has 0 aliphatic heterocycles. The summed E-state index contributed by atoms with van der Waals surface area (Å²) in [5.74, 6) is 0.0274. The van der Waals surface area contributed by atoms with Gasteiger partial charge in [-0.05, 0) is 62.9 Å². The van der Waals surface area contributed by atoms with E-state index in [1.807, 2.05) is 52.0 Å². The first-order chi connectivity index (χ1) is 13.8. The molecule has 0 bridgehead atoms. The first-order valence-electron chi connectivity index (χ1n) is 10.2. The number of nitrogens with zero attached hydrogens (tertiary/aromatic N) is 1. The average molecular weight is 409 g/mol. The summed E-state index contributed by atoms with van der Waals surface area (Å²) < 4.78 is 0. The van der Waals surface area contributed by atoms with Gasteiger partial charge in [0.25, 0.3) is 5.91 Å². The van der Waals surface area contributed by atoms with E-state index in [0.717, 1.165) is 46.3 Å². The second-order valence-electron chi connectivity index (χ2n) is 7.61. The maximum absolute atomic E-state index is 13.0. The number of hydrogen-bond donors (Lipinski definition) is 1. The third-order valence-corrected chi connectivity index (χ3v) is 6.52. The van der Waals surface area contributed by atoms with Crippen LogP contribution in [0.1, 0.15) is 70.0 Å². The number of hydrogen-bond acceptors (Lipinski definition) is 4. The zero-order valence-electron chi connectivity index (χ0n) is 17.8. The van der Waals surface area contributed by atoms with Crippen LogP contribution >= 0.6 is 11.3 Å². The highest BCUT2D eigenvalue weighted by Gasteiger charge is 2.20. The van der Waals surface area contributed by atoms with Gasteiger partial charge in [0.2, 0.25) is 0 Å². The van der Waals surface area contributed by atoms with Crippen molar-refractivity contribution in [2.45, 2.75) is 53.9 Å². The molecule has 1 unspecified atom stereocenters. The maximum Gasteiger partial charge on any atom is 0.266 e. The lowest BCUT2D eigenvalue weighted by atomic mass is 9.91. The number of amides is 1. The molecule has 3 aromatic rings. The molecular weight excluding hydrogens is 380 g/mol. The van der Waals surface area contributed by atoms with Crippen LogP contribution in [0.3, 0.4) is 0 Å². The Bertz CT molecular complexity index is 1070. The molecule has 0 spiro atoms. The van der Waals surface area contributed by atoms with E-state index in [-0.39, 0.29) is 17.6 Å². The van der Waals surface area contributed by atoms with Gasteiger partial charge in [0.1, 0.15) is 4.83 Å². The lowest BCUT2D eigenvalue weighted by Crippen LogP contribution is -2.15. The largest absolute Gasteiger partial charge is 0.321 e. The number of benzene rings is 1. The number of pyridine rings is 1. The molecule has 0 saturated carbocycles. The summed E-state index contributed by atoms with van der Waals surface area (Å²) in [7, 11) is 0. The van der Waals surface area contributed by atoms with Crippen molar-refractivity contribution in [3.05, 3.63) is 57.6 Å². The third-order valence-electron chi connectivity index (χ3n) is 5.34. The third kappa shape index (κ3) is 4.40. The minimum Gasteiger partial charge on any atom is -0.321 e. The van der Waals surface area contributed by atoms with Crippen molar-refractivity contribution in [3.8, 4) is 0 Å². The van der Waals surface area contributed by atoms with Crippen molar-refractivity contribution in [2.24, 2.45) is 5.92 Å². The van der Waals surface area contributed by atoms with Gasteiger partial charge in [-0.25, -0.2) is 4.98 Å². The summed E-state index contributed by atoms with van der Waals surface area (Å²) in [6.45, 7) is 10.1. The topological polar surface area (TPSA) is 59.1 Å². The Morgan fingerprint density at radius 3 is 2.59 bits per heavy atom. The molecule has 2 aromatic heterocycles. The van der Waals surface area contributed by atoms with Crippen LogP contribution in [0, 0.1) is 26.7 Å². The normalized spacial score (nSPS) is 12.2. The van der Waals surface area contributed by atoms with Crippen LogP contribution in [-0.2, 0) is 0 Å². The number of fused-ring (bicyclic) bond motifs is 1. The predicted octanol–water partition coefficient (Wildman–Crippen LogP) is 6.48. The van der Waals surface area contributed by atoms with Gasteiger partial charge in [0.15, 0.2) is 5.78 Å². The number of ketones is 1. The molecule has 1 N–H and O–H groups in total. The Morgan fingerprint density at radius 1 is 1.14 bits per heavy atom. The Balaban J connectivity index is 1.87. The highest BCUT2D eigenvalue weighted by molar-refractivity contribution is 7.20. The summed E-state index contributed by atoms with van der Waals surface area (Å²) in [5.41, 5.74) is 4.34. The number of carbonyl (C=O) groups excluding carboxylic acids is 2. The molecule has 2 heterocycles. The SMILES string of the molecule is CCCC(CC)C(=O)c1cccc(NC(=O)c2sc3nc(C)cc(C)c3c2C)c1. The van der Waals surface area contributed by atoms with Gasteiger partial charge in [-0.1, -0.05) is 32.4 Å². The smallest absolute Gasteiger partial charge is 0.266 e. The summed E-state index contributed by atoms with van der Waals surface area (Å²) >= 11 is 1.42. The van der Waals surface area contributed by atoms with E-state index in [9.17, 15) is 9.59 Å². The fourth-order valence-electron chi connectivity index (χ4n) is 3.88. The number of nitrogens with one attached hydrogen (secondary N) is 1. The summed E-state index contributed by atoms with van der Waals surface area (Å²) in [6.07, 6.45) is 2.70. The molecule has 0 aliphatic carbocycles. The van der Waals surface area contributed by atoms with Crippen molar-refractivity contribution in [3.63, 3.8) is 0 Å². The summed E-state index contributed by atoms with van der Waals surface area (Å²) in [4.78, 5) is 31.9. The molecule has 29 heavy (non-hydrogen) atoms. The lowest BCUT2D eigenvalue weighted by molar-refractivity contribution is 0.0908. The molecule has 1 aromatic carbocycles. The molecule has 0 saturated heterocycles. The van der Waals surface area contributed by atoms with E-state index in [0.29, 0.717) is 16.1 Å². The Kier molecular flexibility index (Phi) is 6.48. The van der Waals surface area contributed by atoms with E-state index >= 15 is 0 Å². The van der Waals surface area contributed by atoms with Gasteiger partial charge in [-0.2, -0.15) is 0 Å². The van der Waals surface area contributed by atoms with Crippen molar-refractivity contribution in [1.29, 1.82) is 0 Å². The first-order valence-corrected chi connectivity index (χ1v) is 11.0. The van der Waals surface area contributed by atoms with Crippen LogP contribution < -0.4 is 5.32 Å². The maximum atomic E-state index is 13.0. The van der Waals surface area contributed by atoms with Gasteiger partial charge in [-0.15, -0.1) is 11.3 Å². The first kappa shape index (κ1) is 21.2. The van der Waals surface area contributed by atoms with Gasteiger partial charge >= 0.3 is 0 Å². The minimum atomic E-state index is -0.159. The van der Waals surface area contributed by atoms with Crippen molar-refractivity contribution in [1.82, 2.24) is 4.98 Å². The number of rotatable bonds is 7. The van der Waals surface area contributed by atoms with E-state index in [2.05, 4.69) is 17.2 Å². The fourth-order valence-corrected chi connectivity index (χ4v) is 5.08. The molecule has 0 aliphatic rings. The van der Waals surface area contributed by atoms with Crippen LogP contribution in [-0.4, -0.2) is 16.7 Å². The van der Waals surface area contributed by atoms with Crippen LogP contribution in [0.2, 0.25) is 0 Å². The van der Waals surface area contributed by atoms with Gasteiger partial charge < -0.3 is 5.32 Å². The molecule has 4 nitrogen and oxygen atoms in total.